The molecule has 8 heteroatoms. The first kappa shape index (κ1) is 16.7. The zero-order chi connectivity index (χ0) is 18.1. The highest BCUT2D eigenvalue weighted by Crippen LogP contribution is 2.28. The van der Waals surface area contributed by atoms with E-state index in [-0.39, 0.29) is 5.56 Å². The molecule has 0 amide bonds. The molecule has 0 bridgehead atoms. The molecule has 1 aliphatic rings. The number of para-hydroxylation sites is 2. The molecule has 2 aromatic heterocycles. The van der Waals surface area contributed by atoms with Gasteiger partial charge < -0.3 is 24.7 Å². The molecule has 4 rings (SSSR count). The van der Waals surface area contributed by atoms with E-state index in [0.717, 1.165) is 43.9 Å². The van der Waals surface area contributed by atoms with Crippen LogP contribution in [-0.4, -0.2) is 60.5 Å². The number of hydrogen-bond acceptors (Lipinski definition) is 6. The van der Waals surface area contributed by atoms with Crippen LogP contribution in [0.5, 0.6) is 0 Å². The van der Waals surface area contributed by atoms with Crippen molar-refractivity contribution in [2.24, 2.45) is 0 Å². The van der Waals surface area contributed by atoms with E-state index in [4.69, 9.17) is 20.2 Å². The smallest absolute Gasteiger partial charge is 0.343 e. The first-order chi connectivity index (χ1) is 12.7. The maximum Gasteiger partial charge on any atom is 0.343 e. The molecule has 136 valence electrons. The number of esters is 1. The molecule has 1 saturated heterocycles. The minimum absolute atomic E-state index is 0.290. The Balaban J connectivity index is 1.80. The largest absolute Gasteiger partial charge is 0.465 e. The van der Waals surface area contributed by atoms with Gasteiger partial charge in [0.1, 0.15) is 30.0 Å². The second-order valence-electron chi connectivity index (χ2n) is 6.40. The maximum atomic E-state index is 12.3. The number of aromatic nitrogens is 3. The lowest BCUT2D eigenvalue weighted by Crippen LogP contribution is -3.14. The fourth-order valence-electron chi connectivity index (χ4n) is 3.43. The van der Waals surface area contributed by atoms with Gasteiger partial charge in [0.15, 0.2) is 5.65 Å². The third-order valence-corrected chi connectivity index (χ3v) is 4.87. The summed E-state index contributed by atoms with van der Waals surface area (Å²) < 4.78 is 12.2. The van der Waals surface area contributed by atoms with Crippen LogP contribution in [0.4, 0.5) is 5.82 Å². The number of nitrogens with one attached hydrogen (secondary N) is 1. The van der Waals surface area contributed by atoms with Crippen LogP contribution in [0.25, 0.3) is 22.2 Å². The summed E-state index contributed by atoms with van der Waals surface area (Å²) in [6, 6.07) is 7.58. The van der Waals surface area contributed by atoms with E-state index in [2.05, 4.69) is 4.98 Å². The van der Waals surface area contributed by atoms with E-state index in [1.54, 1.807) is 0 Å². The van der Waals surface area contributed by atoms with Crippen molar-refractivity contribution in [2.75, 3.05) is 45.7 Å². The number of nitrogen functional groups attached to an aromatic ring is 1. The number of anilines is 1. The predicted molar refractivity (Wildman–Crippen MR) is 97.2 cm³/mol. The molecule has 3 aromatic rings. The number of nitrogens with zero attached hydrogens (tertiary/aromatic N) is 3. The Morgan fingerprint density at radius 3 is 2.65 bits per heavy atom. The Kier molecular flexibility index (Phi) is 4.44. The lowest BCUT2D eigenvalue weighted by Gasteiger charge is -2.24. The van der Waals surface area contributed by atoms with Gasteiger partial charge in [0.2, 0.25) is 0 Å². The highest BCUT2D eigenvalue weighted by molar-refractivity contribution is 6.08. The molecule has 1 aromatic carbocycles. The summed E-state index contributed by atoms with van der Waals surface area (Å²) in [5.41, 5.74) is 9.21. The Hall–Kier alpha value is -2.71. The van der Waals surface area contributed by atoms with Crippen molar-refractivity contribution in [1.82, 2.24) is 14.5 Å². The third kappa shape index (κ3) is 2.87. The van der Waals surface area contributed by atoms with Gasteiger partial charge in [-0.1, -0.05) is 12.1 Å². The van der Waals surface area contributed by atoms with Crippen molar-refractivity contribution < 1.29 is 19.2 Å². The molecule has 0 unspecified atom stereocenters. The van der Waals surface area contributed by atoms with Crippen molar-refractivity contribution in [3.05, 3.63) is 29.8 Å². The number of rotatable bonds is 4. The van der Waals surface area contributed by atoms with Crippen LogP contribution >= 0.6 is 0 Å². The zero-order valence-electron chi connectivity index (χ0n) is 14.7. The number of ether oxygens (including phenoxy) is 2. The van der Waals surface area contributed by atoms with Gasteiger partial charge in [0.25, 0.3) is 0 Å². The second kappa shape index (κ2) is 6.89. The fourth-order valence-corrected chi connectivity index (χ4v) is 3.43. The van der Waals surface area contributed by atoms with E-state index in [1.807, 2.05) is 28.8 Å². The minimum atomic E-state index is -0.491. The number of hydrogen-bond donors (Lipinski definition) is 2. The number of nitrogens with two attached hydrogens (primary N) is 1. The van der Waals surface area contributed by atoms with Crippen LogP contribution in [0.15, 0.2) is 24.3 Å². The van der Waals surface area contributed by atoms with E-state index < -0.39 is 5.97 Å². The van der Waals surface area contributed by atoms with E-state index in [1.165, 1.54) is 12.0 Å². The van der Waals surface area contributed by atoms with Crippen LogP contribution in [0.1, 0.15) is 10.4 Å². The molecule has 0 spiro atoms. The maximum absolute atomic E-state index is 12.3. The van der Waals surface area contributed by atoms with Gasteiger partial charge >= 0.3 is 5.97 Å². The summed E-state index contributed by atoms with van der Waals surface area (Å²) in [6.45, 7) is 5.02. The van der Waals surface area contributed by atoms with Crippen LogP contribution < -0.4 is 10.6 Å². The average molecular weight is 356 g/mol. The fraction of sp³-hybridized carbons (Fsp3) is 0.389. The van der Waals surface area contributed by atoms with Crippen LogP contribution in [-0.2, 0) is 16.0 Å². The lowest BCUT2D eigenvalue weighted by atomic mass is 10.2. The number of carbonyl (C=O) groups is 1. The van der Waals surface area contributed by atoms with Crippen LogP contribution in [0.2, 0.25) is 0 Å². The van der Waals surface area contributed by atoms with Gasteiger partial charge in [0.05, 0.1) is 44.4 Å². The number of morpholine rings is 1. The highest BCUT2D eigenvalue weighted by Gasteiger charge is 2.25. The summed E-state index contributed by atoms with van der Waals surface area (Å²) in [5.74, 6) is -0.135. The molecule has 1 aliphatic heterocycles. The third-order valence-electron chi connectivity index (χ3n) is 4.87. The van der Waals surface area contributed by atoms with Gasteiger partial charge in [-0.15, -0.1) is 0 Å². The summed E-state index contributed by atoms with van der Waals surface area (Å²) in [4.78, 5) is 23.1. The van der Waals surface area contributed by atoms with Crippen molar-refractivity contribution in [3.63, 3.8) is 0 Å². The molecule has 8 nitrogen and oxygen atoms in total. The Labute approximate surface area is 150 Å². The normalized spacial score (nSPS) is 15.6. The van der Waals surface area contributed by atoms with Gasteiger partial charge in [-0.3, -0.25) is 0 Å². The molecule has 26 heavy (non-hydrogen) atoms. The summed E-state index contributed by atoms with van der Waals surface area (Å²) in [5, 5.41) is 0. The molecule has 1 fully saturated rings. The van der Waals surface area contributed by atoms with Gasteiger partial charge in [-0.25, -0.2) is 14.8 Å². The average Bonchev–Trinajstić information content (AvgIpc) is 2.95. The molecule has 0 atom stereocenters. The molecule has 3 heterocycles. The van der Waals surface area contributed by atoms with Gasteiger partial charge in [-0.05, 0) is 12.1 Å². The number of benzene rings is 1. The van der Waals surface area contributed by atoms with Crippen LogP contribution in [0, 0.1) is 0 Å². The summed E-state index contributed by atoms with van der Waals surface area (Å²) in [6.07, 6.45) is 0. The van der Waals surface area contributed by atoms with E-state index in [0.29, 0.717) is 23.5 Å². The Morgan fingerprint density at radius 2 is 1.96 bits per heavy atom. The SMILES string of the molecule is COC(=O)c1c(N)n(CC[NH+]2CCOCC2)c2nc3ccccc3nc12. The molecule has 0 saturated carbocycles. The molecular weight excluding hydrogens is 334 g/mol. The molecule has 3 N–H and O–H groups in total. The Morgan fingerprint density at radius 1 is 1.27 bits per heavy atom. The molecule has 0 radical (unpaired) electrons. The van der Waals surface area contributed by atoms with E-state index >= 15 is 0 Å². The summed E-state index contributed by atoms with van der Waals surface area (Å²) in [7, 11) is 1.34. The van der Waals surface area contributed by atoms with Gasteiger partial charge in [0, 0.05) is 0 Å². The van der Waals surface area contributed by atoms with E-state index in [9.17, 15) is 4.79 Å². The van der Waals surface area contributed by atoms with Crippen LogP contribution in [0.3, 0.4) is 0 Å². The molecular formula is C18H22N5O3+. The number of fused-ring (bicyclic) bond motifs is 2. The lowest BCUT2D eigenvalue weighted by molar-refractivity contribution is -0.908. The van der Waals surface area contributed by atoms with Crippen molar-refractivity contribution >= 4 is 34.0 Å². The zero-order valence-corrected chi connectivity index (χ0v) is 14.7. The first-order valence-electron chi connectivity index (χ1n) is 8.73. The number of quaternary nitrogens is 1. The quantitative estimate of drug-likeness (QED) is 0.632. The topological polar surface area (TPSA) is 96.7 Å². The van der Waals surface area contributed by atoms with Crippen molar-refractivity contribution in [2.45, 2.75) is 6.54 Å². The standard InChI is InChI=1S/C18H21N5O3/c1-25-18(24)14-15-17(21-13-5-3-2-4-12(13)20-15)23(16(14)19)7-6-22-8-10-26-11-9-22/h2-5H,6-11,19H2,1H3/p+1. The first-order valence-corrected chi connectivity index (χ1v) is 8.73. The number of methoxy groups -OCH3 is 1. The number of carbonyl (C=O) groups excluding carboxylic acids is 1. The van der Waals surface area contributed by atoms with Gasteiger partial charge in [-0.2, -0.15) is 0 Å². The summed E-state index contributed by atoms with van der Waals surface area (Å²) >= 11 is 0. The predicted octanol–water partition coefficient (Wildman–Crippen LogP) is -0.132. The van der Waals surface area contributed by atoms with Crippen molar-refractivity contribution in [3.8, 4) is 0 Å². The second-order valence-corrected chi connectivity index (χ2v) is 6.40. The van der Waals surface area contributed by atoms with Crippen molar-refractivity contribution in [1.29, 1.82) is 0 Å². The molecule has 0 aliphatic carbocycles. The highest BCUT2D eigenvalue weighted by atomic mass is 16.5. The minimum Gasteiger partial charge on any atom is -0.465 e. The Bertz CT molecular complexity index is 962. The monoisotopic (exact) mass is 356 g/mol.